The van der Waals surface area contributed by atoms with Gasteiger partial charge in [0.2, 0.25) is 0 Å². The molecule has 0 radical (unpaired) electrons. The molecule has 430 valence electrons. The molecule has 0 aliphatic carbocycles. The summed E-state index contributed by atoms with van der Waals surface area (Å²) in [6.07, 6.45) is 10.6. The maximum atomic E-state index is 11.8. The standard InChI is InChI=1S/C26H51NO11.C14H29NO4.C13H27NO/c1-26(2,3)8-6-5-7-23(24(28)29)27-25(30)38-22-21-37-20-19-36-18-17-35-16-15-34-14-13-33-12-11-32-10-9-31-4;1-14(2,3)7-5-4-6-12(13(17)18)15-8-10-19-11-9-16;1-11(15)12(14(5)6)9-7-8-10-13(2,3)4/h23H,5-22H2,1-4H3,(H,27,30)(H,28,29);12,15-16H,4-11H2,1-3H3,(H,17,18);12H,7-10H2,1-6H3. The van der Waals surface area contributed by atoms with Gasteiger partial charge in [0, 0.05) is 13.7 Å². The minimum Gasteiger partial charge on any atom is -0.480 e. The number of aliphatic carboxylic acids is 2. The lowest BCUT2D eigenvalue weighted by Crippen LogP contribution is -2.41. The van der Waals surface area contributed by atoms with E-state index in [-0.39, 0.29) is 37.1 Å². The number of likely N-dealkylation sites (N-methyl/N-ethyl adjacent to an activating group) is 1. The number of carboxylic acids is 2. The van der Waals surface area contributed by atoms with E-state index in [4.69, 9.17) is 52.8 Å². The third-order valence-electron chi connectivity index (χ3n) is 10.6. The number of amides is 1. The number of carboxylic acid groups (broad SMARTS) is 2. The lowest BCUT2D eigenvalue weighted by Gasteiger charge is -2.22. The summed E-state index contributed by atoms with van der Waals surface area (Å²) in [6, 6.07) is -1.34. The molecule has 3 unspecified atom stereocenters. The molecule has 19 nitrogen and oxygen atoms in total. The number of nitrogens with one attached hydrogen (secondary N) is 2. The van der Waals surface area contributed by atoms with E-state index in [1.807, 2.05) is 19.0 Å². The number of nitrogens with zero attached hydrogens (tertiary/aromatic N) is 1. The SMILES string of the molecule is CC(=O)C(CCCCC(C)(C)C)N(C)C.CC(C)(C)CCCCC(NCCOCCO)C(=O)O.COCCOCCOCCOCCOCCOCCOCCOC(=O)NC(CCCCC(C)(C)C)C(=O)O. The van der Waals surface area contributed by atoms with Crippen LogP contribution in [0.4, 0.5) is 4.79 Å². The van der Waals surface area contributed by atoms with E-state index >= 15 is 0 Å². The zero-order chi connectivity index (χ0) is 55.1. The molecule has 3 atom stereocenters. The number of hydrogen-bond donors (Lipinski definition) is 5. The average molecular weight is 1040 g/mol. The second-order valence-electron chi connectivity index (χ2n) is 21.5. The molecule has 0 aliphatic heterocycles. The average Bonchev–Trinajstić information content (AvgIpc) is 3.27. The minimum atomic E-state index is -1.07. The van der Waals surface area contributed by atoms with Crippen molar-refractivity contribution in [2.24, 2.45) is 16.2 Å². The Morgan fingerprint density at radius 3 is 1.17 bits per heavy atom. The van der Waals surface area contributed by atoms with Crippen molar-refractivity contribution in [2.45, 2.75) is 164 Å². The lowest BCUT2D eigenvalue weighted by atomic mass is 9.89. The maximum Gasteiger partial charge on any atom is 0.407 e. The van der Waals surface area contributed by atoms with E-state index < -0.39 is 30.1 Å². The fourth-order valence-corrected chi connectivity index (χ4v) is 6.59. The van der Waals surface area contributed by atoms with Crippen molar-refractivity contribution in [3.05, 3.63) is 0 Å². The van der Waals surface area contributed by atoms with Crippen molar-refractivity contribution in [3.8, 4) is 0 Å². The molecule has 0 rings (SSSR count). The fraction of sp³-hybridized carbons (Fsp3) is 0.925. The van der Waals surface area contributed by atoms with E-state index in [0.717, 1.165) is 51.4 Å². The summed E-state index contributed by atoms with van der Waals surface area (Å²) < 4.78 is 47.1. The Bertz CT molecular complexity index is 1270. The number of alkyl carbamates (subject to hydrolysis) is 1. The number of Topliss-reactive ketones (excluding diaryl/α,β-unsaturated/α-hetero) is 1. The zero-order valence-electron chi connectivity index (χ0n) is 47.5. The molecule has 0 heterocycles. The summed E-state index contributed by atoms with van der Waals surface area (Å²) in [5.74, 6) is -1.59. The van der Waals surface area contributed by atoms with E-state index in [1.54, 1.807) is 14.0 Å². The first-order valence-electron chi connectivity index (χ1n) is 26.3. The summed E-state index contributed by atoms with van der Waals surface area (Å²) >= 11 is 0. The Kier molecular flexibility index (Phi) is 49.2. The van der Waals surface area contributed by atoms with Crippen LogP contribution < -0.4 is 10.6 Å². The summed E-state index contributed by atoms with van der Waals surface area (Å²) in [5.41, 5.74) is 0.935. The molecular formula is C53H107N3O16. The zero-order valence-corrected chi connectivity index (χ0v) is 47.5. The third kappa shape index (κ3) is 58.3. The highest BCUT2D eigenvalue weighted by Crippen LogP contribution is 2.24. The van der Waals surface area contributed by atoms with Gasteiger partial charge in [-0.05, 0) is 75.8 Å². The van der Waals surface area contributed by atoms with Gasteiger partial charge in [-0.2, -0.15) is 0 Å². The van der Waals surface area contributed by atoms with Crippen LogP contribution in [0.1, 0.15) is 146 Å². The monoisotopic (exact) mass is 1040 g/mol. The molecule has 0 aromatic carbocycles. The number of aliphatic hydroxyl groups is 1. The largest absolute Gasteiger partial charge is 0.480 e. The second-order valence-corrected chi connectivity index (χ2v) is 21.5. The van der Waals surface area contributed by atoms with Crippen LogP contribution in [0.3, 0.4) is 0 Å². The van der Waals surface area contributed by atoms with E-state index in [1.165, 1.54) is 12.8 Å². The number of carbonyl (C=O) groups excluding carboxylic acids is 2. The van der Waals surface area contributed by atoms with Crippen LogP contribution in [0.25, 0.3) is 0 Å². The first-order chi connectivity index (χ1) is 33.9. The Labute approximate surface area is 436 Å². The second kappa shape index (κ2) is 48.1. The van der Waals surface area contributed by atoms with Crippen molar-refractivity contribution in [1.29, 1.82) is 0 Å². The Morgan fingerprint density at radius 2 is 0.833 bits per heavy atom. The van der Waals surface area contributed by atoms with Crippen molar-refractivity contribution < 1.29 is 77.1 Å². The molecule has 1 amide bonds. The lowest BCUT2D eigenvalue weighted by molar-refractivity contribution is -0.140. The van der Waals surface area contributed by atoms with Crippen LogP contribution in [-0.4, -0.2) is 202 Å². The van der Waals surface area contributed by atoms with Crippen molar-refractivity contribution in [3.63, 3.8) is 0 Å². The van der Waals surface area contributed by atoms with Gasteiger partial charge in [0.1, 0.15) is 24.5 Å². The molecule has 0 saturated heterocycles. The topological polar surface area (TPSA) is 239 Å². The highest BCUT2D eigenvalue weighted by molar-refractivity contribution is 5.81. The van der Waals surface area contributed by atoms with E-state index in [0.29, 0.717) is 123 Å². The molecule has 0 aliphatic rings. The van der Waals surface area contributed by atoms with Gasteiger partial charge in [0.25, 0.3) is 0 Å². The molecule has 0 aromatic rings. The fourth-order valence-electron chi connectivity index (χ4n) is 6.59. The number of aliphatic hydroxyl groups excluding tert-OH is 1. The number of rotatable bonds is 44. The Hall–Kier alpha value is -2.56. The Balaban J connectivity index is -0.00000115. The molecule has 19 heteroatoms. The molecule has 0 aromatic heterocycles. The van der Waals surface area contributed by atoms with E-state index in [9.17, 15) is 24.3 Å². The molecular weight excluding hydrogens is 935 g/mol. The third-order valence-corrected chi connectivity index (χ3v) is 10.6. The summed E-state index contributed by atoms with van der Waals surface area (Å²) in [7, 11) is 5.60. The Morgan fingerprint density at radius 1 is 0.486 bits per heavy atom. The van der Waals surface area contributed by atoms with Crippen molar-refractivity contribution in [1.82, 2.24) is 15.5 Å². The van der Waals surface area contributed by atoms with Gasteiger partial charge >= 0.3 is 18.0 Å². The van der Waals surface area contributed by atoms with E-state index in [2.05, 4.69) is 72.9 Å². The molecule has 0 fully saturated rings. The first kappa shape index (κ1) is 73.7. The van der Waals surface area contributed by atoms with Gasteiger partial charge in [-0.1, -0.05) is 101 Å². The number of carbonyl (C=O) groups is 4. The number of hydrogen-bond acceptors (Lipinski definition) is 16. The smallest absolute Gasteiger partial charge is 0.407 e. The quantitative estimate of drug-likeness (QED) is 0.0377. The summed E-state index contributed by atoms with van der Waals surface area (Å²) in [6.45, 7) is 28.7. The van der Waals surface area contributed by atoms with Gasteiger partial charge in [-0.25, -0.2) is 9.59 Å². The number of ether oxygens (including phenoxy) is 9. The normalized spacial score (nSPS) is 13.1. The van der Waals surface area contributed by atoms with Crippen LogP contribution in [0.5, 0.6) is 0 Å². The molecule has 5 N–H and O–H groups in total. The van der Waals surface area contributed by atoms with Crippen LogP contribution >= 0.6 is 0 Å². The molecule has 0 bridgehead atoms. The maximum absolute atomic E-state index is 11.8. The van der Waals surface area contributed by atoms with Crippen LogP contribution in [0.2, 0.25) is 0 Å². The van der Waals surface area contributed by atoms with Crippen LogP contribution in [0, 0.1) is 16.2 Å². The highest BCUT2D eigenvalue weighted by atomic mass is 16.6. The van der Waals surface area contributed by atoms with Gasteiger partial charge in [-0.15, -0.1) is 0 Å². The van der Waals surface area contributed by atoms with Gasteiger partial charge in [0.05, 0.1) is 112 Å². The van der Waals surface area contributed by atoms with Crippen molar-refractivity contribution in [2.75, 3.05) is 140 Å². The number of ketones is 1. The predicted octanol–water partition coefficient (Wildman–Crippen LogP) is 7.28. The van der Waals surface area contributed by atoms with Gasteiger partial charge in [-0.3, -0.25) is 14.5 Å². The van der Waals surface area contributed by atoms with Gasteiger partial charge in [0.15, 0.2) is 0 Å². The minimum absolute atomic E-state index is 0.00480. The van der Waals surface area contributed by atoms with Gasteiger partial charge < -0.3 is 68.6 Å². The number of unbranched alkanes of at least 4 members (excludes halogenated alkanes) is 3. The molecule has 72 heavy (non-hydrogen) atoms. The van der Waals surface area contributed by atoms with Crippen LogP contribution in [-0.2, 0) is 57.0 Å². The number of methoxy groups -OCH3 is 1. The predicted molar refractivity (Wildman–Crippen MR) is 282 cm³/mol. The van der Waals surface area contributed by atoms with Crippen molar-refractivity contribution >= 4 is 23.8 Å². The molecule has 0 spiro atoms. The van der Waals surface area contributed by atoms with Crippen LogP contribution in [0.15, 0.2) is 0 Å². The molecule has 0 saturated carbocycles. The first-order valence-corrected chi connectivity index (χ1v) is 26.3. The highest BCUT2D eigenvalue weighted by Gasteiger charge is 2.21. The summed E-state index contributed by atoms with van der Waals surface area (Å²) in [5, 5.41) is 32.3. The summed E-state index contributed by atoms with van der Waals surface area (Å²) in [4.78, 5) is 47.6.